The lowest BCUT2D eigenvalue weighted by molar-refractivity contribution is 0.287. The topological polar surface area (TPSA) is 57.4 Å². The van der Waals surface area contributed by atoms with Gasteiger partial charge in [-0.3, -0.25) is 0 Å². The number of rotatable bonds is 8. The van der Waals surface area contributed by atoms with Crippen LogP contribution in [0.5, 0.6) is 11.5 Å². The van der Waals surface area contributed by atoms with Gasteiger partial charge in [-0.05, 0) is 49.2 Å². The van der Waals surface area contributed by atoms with E-state index in [1.165, 1.54) is 0 Å². The summed E-state index contributed by atoms with van der Waals surface area (Å²) in [6.07, 6.45) is 1.12. The fraction of sp³-hybridized carbons (Fsp3) is 0.300. The molecule has 0 bridgehead atoms. The first kappa shape index (κ1) is 18.3. The van der Waals surface area contributed by atoms with Crippen LogP contribution in [0, 0.1) is 0 Å². The number of aromatic nitrogens is 2. The van der Waals surface area contributed by atoms with Crippen LogP contribution in [0.3, 0.4) is 0 Å². The second kappa shape index (κ2) is 8.72. The van der Waals surface area contributed by atoms with Crippen molar-refractivity contribution < 1.29 is 13.9 Å². The molecule has 3 rings (SSSR count). The van der Waals surface area contributed by atoms with Crippen molar-refractivity contribution in [3.05, 3.63) is 70.4 Å². The van der Waals surface area contributed by atoms with Crippen LogP contribution >= 0.6 is 11.6 Å². The van der Waals surface area contributed by atoms with Gasteiger partial charge in [0.1, 0.15) is 0 Å². The van der Waals surface area contributed by atoms with E-state index in [4.69, 9.17) is 25.5 Å². The van der Waals surface area contributed by atoms with E-state index in [0.29, 0.717) is 42.9 Å². The molecule has 0 saturated carbocycles. The van der Waals surface area contributed by atoms with E-state index in [-0.39, 0.29) is 0 Å². The van der Waals surface area contributed by atoms with Gasteiger partial charge in [-0.1, -0.05) is 29.8 Å². The van der Waals surface area contributed by atoms with Crippen molar-refractivity contribution >= 4 is 11.6 Å². The highest BCUT2D eigenvalue weighted by atomic mass is 35.5. The van der Waals surface area contributed by atoms with Crippen molar-refractivity contribution in [2.45, 2.75) is 26.7 Å². The first-order chi connectivity index (χ1) is 12.7. The van der Waals surface area contributed by atoms with Gasteiger partial charge < -0.3 is 13.9 Å². The standard InChI is InChI=1S/C20H21ClN2O3/c1-3-24-17-10-7-15(11-18(17)25-4-2)13-20-23-22-19(26-20)12-14-5-8-16(21)9-6-14/h5-11H,3-4,12-13H2,1-2H3. The summed E-state index contributed by atoms with van der Waals surface area (Å²) in [6.45, 7) is 5.07. The summed E-state index contributed by atoms with van der Waals surface area (Å²) in [5.41, 5.74) is 2.10. The van der Waals surface area contributed by atoms with Gasteiger partial charge in [0.2, 0.25) is 11.8 Å². The molecule has 0 unspecified atom stereocenters. The van der Waals surface area contributed by atoms with Gasteiger partial charge in [0, 0.05) is 5.02 Å². The molecule has 0 fully saturated rings. The smallest absolute Gasteiger partial charge is 0.220 e. The summed E-state index contributed by atoms with van der Waals surface area (Å²) < 4.78 is 17.0. The zero-order valence-electron chi connectivity index (χ0n) is 14.9. The van der Waals surface area contributed by atoms with Gasteiger partial charge in [0.05, 0.1) is 26.1 Å². The third kappa shape index (κ3) is 4.76. The zero-order valence-corrected chi connectivity index (χ0v) is 15.6. The number of ether oxygens (including phenoxy) is 2. The highest BCUT2D eigenvalue weighted by molar-refractivity contribution is 6.30. The molecule has 0 radical (unpaired) electrons. The van der Waals surface area contributed by atoms with E-state index in [2.05, 4.69) is 10.2 Å². The van der Waals surface area contributed by atoms with Crippen LogP contribution in [0.15, 0.2) is 46.9 Å². The lowest BCUT2D eigenvalue weighted by atomic mass is 10.1. The van der Waals surface area contributed by atoms with Gasteiger partial charge >= 0.3 is 0 Å². The maximum Gasteiger partial charge on any atom is 0.220 e. The van der Waals surface area contributed by atoms with Crippen LogP contribution in [0.25, 0.3) is 0 Å². The summed E-state index contributed by atoms with van der Waals surface area (Å²) in [5.74, 6) is 2.62. The molecular weight excluding hydrogens is 352 g/mol. The molecule has 0 aliphatic heterocycles. The predicted octanol–water partition coefficient (Wildman–Crippen LogP) is 4.70. The normalized spacial score (nSPS) is 10.7. The lowest BCUT2D eigenvalue weighted by Gasteiger charge is -2.11. The fourth-order valence-corrected chi connectivity index (χ4v) is 2.71. The Labute approximate surface area is 157 Å². The Morgan fingerprint density at radius 3 is 2.04 bits per heavy atom. The lowest BCUT2D eigenvalue weighted by Crippen LogP contribution is -1.99. The molecule has 3 aromatic rings. The van der Waals surface area contributed by atoms with Crippen LogP contribution in [-0.2, 0) is 12.8 Å². The van der Waals surface area contributed by atoms with Gasteiger partial charge in [0.25, 0.3) is 0 Å². The van der Waals surface area contributed by atoms with Gasteiger partial charge in [-0.15, -0.1) is 10.2 Å². The Bertz CT molecular complexity index is 847. The van der Waals surface area contributed by atoms with Crippen LogP contribution < -0.4 is 9.47 Å². The molecule has 0 spiro atoms. The first-order valence-corrected chi connectivity index (χ1v) is 9.00. The molecule has 1 heterocycles. The van der Waals surface area contributed by atoms with E-state index in [0.717, 1.165) is 22.6 Å². The van der Waals surface area contributed by atoms with E-state index in [1.54, 1.807) is 0 Å². The molecule has 0 aliphatic rings. The molecule has 0 atom stereocenters. The Kier molecular flexibility index (Phi) is 6.12. The minimum Gasteiger partial charge on any atom is -0.490 e. The molecule has 26 heavy (non-hydrogen) atoms. The number of benzene rings is 2. The Balaban J connectivity index is 1.70. The summed E-state index contributed by atoms with van der Waals surface area (Å²) in [6, 6.07) is 13.5. The molecular formula is C20H21ClN2O3. The van der Waals surface area contributed by atoms with Gasteiger partial charge in [-0.25, -0.2) is 0 Å². The zero-order chi connectivity index (χ0) is 18.4. The molecule has 0 saturated heterocycles. The molecule has 6 heteroatoms. The average molecular weight is 373 g/mol. The van der Waals surface area contributed by atoms with Crippen molar-refractivity contribution in [1.29, 1.82) is 0 Å². The van der Waals surface area contributed by atoms with E-state index >= 15 is 0 Å². The van der Waals surface area contributed by atoms with E-state index in [9.17, 15) is 0 Å². The van der Waals surface area contributed by atoms with Crippen LogP contribution in [0.1, 0.15) is 36.8 Å². The predicted molar refractivity (Wildman–Crippen MR) is 100 cm³/mol. The number of nitrogens with zero attached hydrogens (tertiary/aromatic N) is 2. The molecule has 5 nitrogen and oxygen atoms in total. The summed E-state index contributed by atoms with van der Waals surface area (Å²) >= 11 is 5.90. The molecule has 136 valence electrons. The van der Waals surface area contributed by atoms with Crippen LogP contribution in [0.2, 0.25) is 5.02 Å². The van der Waals surface area contributed by atoms with Crippen molar-refractivity contribution in [2.75, 3.05) is 13.2 Å². The average Bonchev–Trinajstić information content (AvgIpc) is 3.06. The summed E-state index contributed by atoms with van der Waals surface area (Å²) in [4.78, 5) is 0. The van der Waals surface area contributed by atoms with Crippen molar-refractivity contribution in [3.8, 4) is 11.5 Å². The van der Waals surface area contributed by atoms with Crippen LogP contribution in [0.4, 0.5) is 0 Å². The number of hydrogen-bond acceptors (Lipinski definition) is 5. The highest BCUT2D eigenvalue weighted by Gasteiger charge is 2.11. The summed E-state index contributed by atoms with van der Waals surface area (Å²) in [7, 11) is 0. The van der Waals surface area contributed by atoms with Crippen LogP contribution in [-0.4, -0.2) is 23.4 Å². The fourth-order valence-electron chi connectivity index (χ4n) is 2.59. The third-order valence-corrected chi connectivity index (χ3v) is 3.99. The molecule has 2 aromatic carbocycles. The van der Waals surface area contributed by atoms with Gasteiger partial charge in [-0.2, -0.15) is 0 Å². The van der Waals surface area contributed by atoms with E-state index in [1.807, 2.05) is 56.3 Å². The third-order valence-electron chi connectivity index (χ3n) is 3.74. The van der Waals surface area contributed by atoms with Crippen molar-refractivity contribution in [1.82, 2.24) is 10.2 Å². The molecule has 1 aromatic heterocycles. The minimum atomic E-state index is 0.542. The quantitative estimate of drug-likeness (QED) is 0.573. The Hall–Kier alpha value is -2.53. The molecule has 0 aliphatic carbocycles. The SMILES string of the molecule is CCOc1ccc(Cc2nnc(Cc3ccc(Cl)cc3)o2)cc1OCC. The Morgan fingerprint density at radius 2 is 1.38 bits per heavy atom. The highest BCUT2D eigenvalue weighted by Crippen LogP contribution is 2.29. The Morgan fingerprint density at radius 1 is 0.808 bits per heavy atom. The minimum absolute atomic E-state index is 0.542. The van der Waals surface area contributed by atoms with Crippen molar-refractivity contribution in [2.24, 2.45) is 0 Å². The van der Waals surface area contributed by atoms with Gasteiger partial charge in [0.15, 0.2) is 11.5 Å². The number of hydrogen-bond donors (Lipinski definition) is 0. The first-order valence-electron chi connectivity index (χ1n) is 8.62. The largest absolute Gasteiger partial charge is 0.490 e. The van der Waals surface area contributed by atoms with Crippen molar-refractivity contribution in [3.63, 3.8) is 0 Å². The number of halogens is 1. The second-order valence-electron chi connectivity index (χ2n) is 5.72. The van der Waals surface area contributed by atoms with E-state index < -0.39 is 0 Å². The maximum absolute atomic E-state index is 5.90. The molecule has 0 N–H and O–H groups in total. The molecule has 0 amide bonds. The monoisotopic (exact) mass is 372 g/mol. The maximum atomic E-state index is 5.90. The summed E-state index contributed by atoms with van der Waals surface area (Å²) in [5, 5.41) is 8.98. The second-order valence-corrected chi connectivity index (χ2v) is 6.15.